The van der Waals surface area contributed by atoms with Gasteiger partial charge in [0.15, 0.2) is 17.5 Å². The lowest BCUT2D eigenvalue weighted by Crippen LogP contribution is -2.86. The predicted octanol–water partition coefficient (Wildman–Crippen LogP) is 5.16. The second-order valence-corrected chi connectivity index (χ2v) is 15.6. The van der Waals surface area contributed by atoms with Crippen LogP contribution < -0.4 is 0 Å². The van der Waals surface area contributed by atoms with Gasteiger partial charge in [-0.2, -0.15) is 0 Å². The Kier molecular flexibility index (Phi) is 13.4. The van der Waals surface area contributed by atoms with E-state index in [0.29, 0.717) is 19.3 Å². The van der Waals surface area contributed by atoms with Crippen molar-refractivity contribution in [3.05, 3.63) is 12.7 Å². The maximum Gasteiger partial charge on any atom is 0.306 e. The molecule has 4 unspecified atom stereocenters. The van der Waals surface area contributed by atoms with E-state index in [1.807, 2.05) is 13.8 Å². The van der Waals surface area contributed by atoms with E-state index in [0.717, 1.165) is 45.6 Å². The van der Waals surface area contributed by atoms with Crippen LogP contribution in [0, 0.1) is 16.7 Å². The molecule has 4 fully saturated rings. The summed E-state index contributed by atoms with van der Waals surface area (Å²) in [6, 6.07) is 0. The van der Waals surface area contributed by atoms with Crippen molar-refractivity contribution in [1.82, 2.24) is 4.90 Å². The van der Waals surface area contributed by atoms with Crippen LogP contribution in [0.1, 0.15) is 118 Å². The van der Waals surface area contributed by atoms with Crippen molar-refractivity contribution in [3.8, 4) is 0 Å². The molecule has 10 heteroatoms. The highest BCUT2D eigenvalue weighted by Gasteiger charge is 2.81. The molecule has 2 heterocycles. The molecule has 2 aliphatic heterocycles. The lowest BCUT2D eigenvalue weighted by Gasteiger charge is -2.71. The molecule has 0 aromatic heterocycles. The van der Waals surface area contributed by atoms with E-state index >= 15 is 0 Å². The fraction of sp³-hybridized carbons (Fsp3) is 0.889. The molecule has 2 saturated heterocycles. The number of carbonyl (C=O) groups excluding carboxylic acids is 2. The Labute approximate surface area is 283 Å². The molecule has 3 N–H and O–H groups in total. The summed E-state index contributed by atoms with van der Waals surface area (Å²) < 4.78 is 17.9. The smallest absolute Gasteiger partial charge is 0.306 e. The molecular weight excluding hydrogens is 610 g/mol. The summed E-state index contributed by atoms with van der Waals surface area (Å²) in [5.74, 6) is -1.69. The maximum absolute atomic E-state index is 14.0. The zero-order valence-electron chi connectivity index (χ0n) is 29.1. The van der Waals surface area contributed by atoms with Crippen LogP contribution in [0.15, 0.2) is 12.7 Å². The number of hydrogen-bond donors (Lipinski definition) is 3. The van der Waals surface area contributed by atoms with E-state index in [2.05, 4.69) is 11.5 Å². The van der Waals surface area contributed by atoms with Crippen molar-refractivity contribution in [2.24, 2.45) is 16.7 Å². The first-order valence-electron chi connectivity index (χ1n) is 17.6. The number of aliphatic hydroxyl groups excluding tert-OH is 2. The number of halogens is 1. The summed E-state index contributed by atoms with van der Waals surface area (Å²) in [5.41, 5.74) is -7.10. The summed E-state index contributed by atoms with van der Waals surface area (Å²) in [4.78, 5) is 29.8. The van der Waals surface area contributed by atoms with E-state index in [9.17, 15) is 24.9 Å². The number of unbranched alkanes of at least 4 members (excludes halogenated alkanes) is 8. The normalized spacial score (nSPS) is 39.1. The first-order valence-corrected chi connectivity index (χ1v) is 17.6. The van der Waals surface area contributed by atoms with Gasteiger partial charge in [-0.05, 0) is 51.5 Å². The molecule has 9 nitrogen and oxygen atoms in total. The SMILES string of the molecule is C=C[C@@]1(C)CC(=O)[C@]2(O)C3(C)C(C(O)C(OC(=O)CCCCCCCCCCCN4CCOCC4)[C@@]2(C)O1)C(C)(C)CC[C@@H]3O.Cl. The Bertz CT molecular complexity index is 1050. The number of carbonyl (C=O) groups is 2. The van der Waals surface area contributed by atoms with E-state index in [4.69, 9.17) is 14.2 Å². The molecule has 4 aliphatic rings. The van der Waals surface area contributed by atoms with Gasteiger partial charge in [0.2, 0.25) is 0 Å². The minimum absolute atomic E-state index is 0. The van der Waals surface area contributed by atoms with Gasteiger partial charge >= 0.3 is 5.97 Å². The highest BCUT2D eigenvalue weighted by molar-refractivity contribution is 5.92. The van der Waals surface area contributed by atoms with Gasteiger partial charge in [0.05, 0.1) is 31.0 Å². The first kappa shape index (κ1) is 39.4. The summed E-state index contributed by atoms with van der Waals surface area (Å²) in [5, 5.41) is 35.9. The molecular formula is C36H62ClNO8. The van der Waals surface area contributed by atoms with Crippen LogP contribution in [0.3, 0.4) is 0 Å². The Balaban J connectivity index is 0.00000576. The van der Waals surface area contributed by atoms with Crippen LogP contribution >= 0.6 is 12.4 Å². The summed E-state index contributed by atoms with van der Waals surface area (Å²) in [6.45, 7) is 17.7. The summed E-state index contributed by atoms with van der Waals surface area (Å²) in [7, 11) is 0. The van der Waals surface area contributed by atoms with E-state index in [-0.39, 0.29) is 25.2 Å². The third-order valence-electron chi connectivity index (χ3n) is 11.9. The quantitative estimate of drug-likeness (QED) is 0.131. The average Bonchev–Trinajstić information content (AvgIpc) is 2.99. The predicted molar refractivity (Wildman–Crippen MR) is 180 cm³/mol. The monoisotopic (exact) mass is 671 g/mol. The zero-order chi connectivity index (χ0) is 33.1. The number of ether oxygens (including phenoxy) is 3. The molecule has 2 aliphatic carbocycles. The van der Waals surface area contributed by atoms with Gasteiger partial charge < -0.3 is 29.5 Å². The zero-order valence-corrected chi connectivity index (χ0v) is 29.9. The third kappa shape index (κ3) is 7.41. The molecule has 4 rings (SSSR count). The summed E-state index contributed by atoms with van der Waals surface area (Å²) >= 11 is 0. The third-order valence-corrected chi connectivity index (χ3v) is 11.9. The molecule has 46 heavy (non-hydrogen) atoms. The molecule has 0 aromatic carbocycles. The van der Waals surface area contributed by atoms with E-state index < -0.39 is 63.6 Å². The number of rotatable bonds is 14. The second-order valence-electron chi connectivity index (χ2n) is 15.6. The highest BCUT2D eigenvalue weighted by Crippen LogP contribution is 2.67. The van der Waals surface area contributed by atoms with Crippen molar-refractivity contribution >= 4 is 24.2 Å². The number of morpholine rings is 1. The van der Waals surface area contributed by atoms with Crippen LogP contribution in [0.5, 0.6) is 0 Å². The number of nitrogens with zero attached hydrogens (tertiary/aromatic N) is 1. The number of esters is 1. The van der Waals surface area contributed by atoms with Gasteiger partial charge in [0.25, 0.3) is 0 Å². The number of fused-ring (bicyclic) bond motifs is 3. The van der Waals surface area contributed by atoms with Gasteiger partial charge in [0.1, 0.15) is 5.60 Å². The Morgan fingerprint density at radius 3 is 2.13 bits per heavy atom. The minimum Gasteiger partial charge on any atom is -0.456 e. The highest BCUT2D eigenvalue weighted by atomic mass is 35.5. The summed E-state index contributed by atoms with van der Waals surface area (Å²) in [6.07, 6.45) is 8.87. The topological polar surface area (TPSA) is 126 Å². The Hall–Kier alpha value is -1.07. The van der Waals surface area contributed by atoms with Crippen LogP contribution in [0.25, 0.3) is 0 Å². The molecule has 0 radical (unpaired) electrons. The number of Topliss-reactive ketones (excluding diaryl/α,β-unsaturated/α-hetero) is 1. The van der Waals surface area contributed by atoms with Crippen molar-refractivity contribution in [3.63, 3.8) is 0 Å². The molecule has 0 bridgehead atoms. The standard InChI is InChI=1S/C36H61NO8.ClH/c1-7-33(4)25-27(39)36(42)34(5)26(38)18-19-32(2,3)30(34)29(41)31(35(36,6)45-33)44-28(40)17-15-13-11-9-8-10-12-14-16-20-37-21-23-43-24-22-37;/h7,26,29-31,38,41-42H,1,8-25H2,2-6H3;1H/t26-,29?,30?,31?,33-,34?,35+,36-;/m0./s1. The van der Waals surface area contributed by atoms with Gasteiger partial charge in [-0.3, -0.25) is 14.5 Å². The maximum atomic E-state index is 14.0. The van der Waals surface area contributed by atoms with Crippen LogP contribution in [-0.4, -0.2) is 99.9 Å². The number of ketones is 1. The van der Waals surface area contributed by atoms with Crippen molar-refractivity contribution in [2.45, 2.75) is 153 Å². The van der Waals surface area contributed by atoms with Gasteiger partial charge in [-0.1, -0.05) is 71.8 Å². The van der Waals surface area contributed by atoms with Crippen molar-refractivity contribution in [2.75, 3.05) is 32.8 Å². The van der Waals surface area contributed by atoms with Crippen molar-refractivity contribution in [1.29, 1.82) is 0 Å². The minimum atomic E-state index is -2.20. The molecule has 0 aromatic rings. The molecule has 0 amide bonds. The van der Waals surface area contributed by atoms with E-state index in [1.54, 1.807) is 20.8 Å². The average molecular weight is 672 g/mol. The van der Waals surface area contributed by atoms with Crippen LogP contribution in [-0.2, 0) is 23.8 Å². The fourth-order valence-electron chi connectivity index (χ4n) is 9.35. The molecule has 8 atom stereocenters. The Morgan fingerprint density at radius 1 is 0.978 bits per heavy atom. The molecule has 2 saturated carbocycles. The first-order chi connectivity index (χ1) is 21.2. The largest absolute Gasteiger partial charge is 0.456 e. The lowest BCUT2D eigenvalue weighted by atomic mass is 9.40. The van der Waals surface area contributed by atoms with Crippen molar-refractivity contribution < 1.29 is 39.1 Å². The second kappa shape index (κ2) is 15.6. The van der Waals surface area contributed by atoms with E-state index in [1.165, 1.54) is 44.7 Å². The van der Waals surface area contributed by atoms with Crippen LogP contribution in [0.2, 0.25) is 0 Å². The number of aliphatic hydroxyl groups is 3. The lowest BCUT2D eigenvalue weighted by molar-refractivity contribution is -0.370. The van der Waals surface area contributed by atoms with Gasteiger partial charge in [-0.15, -0.1) is 19.0 Å². The van der Waals surface area contributed by atoms with Crippen LogP contribution in [0.4, 0.5) is 0 Å². The fourth-order valence-corrected chi connectivity index (χ4v) is 9.35. The molecule has 266 valence electrons. The Morgan fingerprint density at radius 2 is 1.54 bits per heavy atom. The van der Waals surface area contributed by atoms with Gasteiger partial charge in [-0.25, -0.2) is 0 Å². The van der Waals surface area contributed by atoms with Gasteiger partial charge in [0, 0.05) is 37.3 Å². The number of hydrogen-bond acceptors (Lipinski definition) is 9. The molecule has 0 spiro atoms.